The van der Waals surface area contributed by atoms with E-state index in [1.807, 2.05) is 43.3 Å². The zero-order valence-corrected chi connectivity index (χ0v) is 21.3. The number of hydrogen-bond donors (Lipinski definition) is 0. The van der Waals surface area contributed by atoms with Crippen molar-refractivity contribution >= 4 is 11.8 Å². The van der Waals surface area contributed by atoms with E-state index in [0.717, 1.165) is 17.5 Å². The van der Waals surface area contributed by atoms with Crippen LogP contribution in [0.15, 0.2) is 48.0 Å². The summed E-state index contributed by atoms with van der Waals surface area (Å²) in [7, 11) is 4.71. The quantitative estimate of drug-likeness (QED) is 0.269. The summed E-state index contributed by atoms with van der Waals surface area (Å²) >= 11 is 0. The zero-order chi connectivity index (χ0) is 25.5. The van der Waals surface area contributed by atoms with Gasteiger partial charge in [0.2, 0.25) is 5.75 Å². The predicted molar refractivity (Wildman–Crippen MR) is 132 cm³/mol. The number of carbonyl (C=O) groups is 2. The van der Waals surface area contributed by atoms with Gasteiger partial charge in [-0.1, -0.05) is 30.3 Å². The zero-order valence-electron chi connectivity index (χ0n) is 21.3. The lowest BCUT2D eigenvalue weighted by atomic mass is 9.84. The first-order valence-electron chi connectivity index (χ1n) is 11.6. The van der Waals surface area contributed by atoms with Gasteiger partial charge < -0.3 is 23.7 Å². The van der Waals surface area contributed by atoms with Gasteiger partial charge in [-0.2, -0.15) is 0 Å². The molecule has 3 rings (SSSR count). The van der Waals surface area contributed by atoms with Crippen LogP contribution in [0.3, 0.4) is 0 Å². The van der Waals surface area contributed by atoms with E-state index in [2.05, 4.69) is 0 Å². The van der Waals surface area contributed by atoms with Crippen molar-refractivity contribution in [3.05, 3.63) is 64.7 Å². The molecule has 0 aliphatic carbocycles. The van der Waals surface area contributed by atoms with E-state index < -0.39 is 0 Å². The molecule has 0 spiro atoms. The fourth-order valence-corrected chi connectivity index (χ4v) is 4.35. The molecule has 0 bridgehead atoms. The van der Waals surface area contributed by atoms with Gasteiger partial charge in [-0.3, -0.25) is 4.79 Å². The number of benzene rings is 2. The van der Waals surface area contributed by atoms with Crippen molar-refractivity contribution in [1.29, 1.82) is 0 Å². The van der Waals surface area contributed by atoms with Gasteiger partial charge in [-0.25, -0.2) is 4.79 Å². The third-order valence-electron chi connectivity index (χ3n) is 6.52. The number of carbonyl (C=O) groups excluding carboxylic acids is 2. The topological polar surface area (TPSA) is 80.3 Å². The van der Waals surface area contributed by atoms with Crippen LogP contribution in [0.1, 0.15) is 48.4 Å². The molecular formula is C28H34O7. The number of hydrogen-bond acceptors (Lipinski definition) is 7. The molecular weight excluding hydrogens is 448 g/mol. The highest BCUT2D eigenvalue weighted by Gasteiger charge is 2.40. The fraction of sp³-hybridized carbons (Fsp3) is 0.429. The molecule has 2 aromatic carbocycles. The number of Topliss-reactive ketones (excluding diaryl/α,β-unsaturated/α-hetero) is 1. The molecule has 1 fully saturated rings. The third-order valence-corrected chi connectivity index (χ3v) is 6.52. The minimum absolute atomic E-state index is 0.0346. The lowest BCUT2D eigenvalue weighted by molar-refractivity contribution is -0.141. The molecule has 0 radical (unpaired) electrons. The molecule has 1 heterocycles. The molecule has 0 aromatic heterocycles. The number of methoxy groups -OCH3 is 3. The first kappa shape index (κ1) is 26.3. The summed E-state index contributed by atoms with van der Waals surface area (Å²) in [6.07, 6.45) is 2.13. The molecule has 0 saturated carbocycles. The van der Waals surface area contributed by atoms with Crippen molar-refractivity contribution < 1.29 is 33.3 Å². The van der Waals surface area contributed by atoms with Crippen LogP contribution in [0, 0.1) is 11.8 Å². The largest absolute Gasteiger partial charge is 0.493 e. The third kappa shape index (κ3) is 6.03. The van der Waals surface area contributed by atoms with Gasteiger partial charge >= 0.3 is 5.97 Å². The van der Waals surface area contributed by atoms with E-state index in [9.17, 15) is 9.59 Å². The van der Waals surface area contributed by atoms with E-state index >= 15 is 0 Å². The van der Waals surface area contributed by atoms with Gasteiger partial charge in [0, 0.05) is 17.1 Å². The molecule has 1 saturated heterocycles. The summed E-state index contributed by atoms with van der Waals surface area (Å²) < 4.78 is 28.5. The highest BCUT2D eigenvalue weighted by molar-refractivity contribution is 5.94. The molecule has 0 amide bonds. The average molecular weight is 483 g/mol. The Balaban J connectivity index is 1.91. The van der Waals surface area contributed by atoms with Crippen LogP contribution < -0.4 is 14.2 Å². The van der Waals surface area contributed by atoms with Crippen LogP contribution in [0.2, 0.25) is 0 Å². The number of ether oxygens (including phenoxy) is 5. The second-order valence-corrected chi connectivity index (χ2v) is 8.66. The molecule has 2 aromatic rings. The Labute approximate surface area is 207 Å². The van der Waals surface area contributed by atoms with Gasteiger partial charge in [0.05, 0.1) is 40.6 Å². The van der Waals surface area contributed by atoms with E-state index in [-0.39, 0.29) is 36.3 Å². The molecule has 7 nitrogen and oxygen atoms in total. The molecule has 1 aliphatic heterocycles. The Morgan fingerprint density at radius 2 is 1.63 bits per heavy atom. The fourth-order valence-electron chi connectivity index (χ4n) is 4.35. The number of allylic oxidation sites excluding steroid dienone is 1. The van der Waals surface area contributed by atoms with Crippen molar-refractivity contribution in [1.82, 2.24) is 0 Å². The van der Waals surface area contributed by atoms with Crippen molar-refractivity contribution in [2.24, 2.45) is 11.8 Å². The smallest absolute Gasteiger partial charge is 0.333 e. The molecule has 35 heavy (non-hydrogen) atoms. The Hall–Kier alpha value is -3.32. The van der Waals surface area contributed by atoms with Gasteiger partial charge in [-0.15, -0.1) is 0 Å². The van der Waals surface area contributed by atoms with Crippen LogP contribution in [-0.2, 0) is 20.7 Å². The number of esters is 1. The van der Waals surface area contributed by atoms with E-state index in [1.165, 1.54) is 0 Å². The van der Waals surface area contributed by atoms with Crippen molar-refractivity contribution in [3.63, 3.8) is 0 Å². The Morgan fingerprint density at radius 1 is 1.00 bits per heavy atom. The maximum Gasteiger partial charge on any atom is 0.333 e. The van der Waals surface area contributed by atoms with Crippen LogP contribution in [0.4, 0.5) is 0 Å². The monoisotopic (exact) mass is 482 g/mol. The number of ketones is 1. The summed E-state index contributed by atoms with van der Waals surface area (Å²) in [6, 6.07) is 11.4. The molecule has 3 atom stereocenters. The summed E-state index contributed by atoms with van der Waals surface area (Å²) in [5.41, 5.74) is 3.19. The van der Waals surface area contributed by atoms with Crippen molar-refractivity contribution in [2.75, 3.05) is 34.5 Å². The van der Waals surface area contributed by atoms with Gasteiger partial charge in [0.1, 0.15) is 0 Å². The normalized spacial score (nSPS) is 19.8. The Morgan fingerprint density at radius 3 is 2.14 bits per heavy atom. The van der Waals surface area contributed by atoms with Crippen molar-refractivity contribution in [2.45, 2.75) is 33.3 Å². The first-order valence-corrected chi connectivity index (χ1v) is 11.6. The maximum atomic E-state index is 12.4. The summed E-state index contributed by atoms with van der Waals surface area (Å²) in [5.74, 6) is 1.27. The highest BCUT2D eigenvalue weighted by Crippen LogP contribution is 2.46. The van der Waals surface area contributed by atoms with Crippen LogP contribution in [-0.4, -0.2) is 46.3 Å². The Kier molecular flexibility index (Phi) is 8.93. The van der Waals surface area contributed by atoms with Crippen LogP contribution in [0.5, 0.6) is 17.2 Å². The molecule has 7 heteroatoms. The minimum atomic E-state index is -0.340. The first-order chi connectivity index (χ1) is 16.8. The van der Waals surface area contributed by atoms with E-state index in [0.29, 0.717) is 35.0 Å². The van der Waals surface area contributed by atoms with Crippen LogP contribution in [0.25, 0.3) is 0 Å². The van der Waals surface area contributed by atoms with E-state index in [1.54, 1.807) is 41.3 Å². The Bertz CT molecular complexity index is 1050. The van der Waals surface area contributed by atoms with Gasteiger partial charge in [-0.05, 0) is 56.4 Å². The molecule has 0 N–H and O–H groups in total. The SMILES string of the molecule is CC=C(C)C(=O)OC[C@H]1[C@@H](Cc2ccc(C(C)=O)cc2)CO[C@@H]1c1cc(OC)c(OC)c(OC)c1. The predicted octanol–water partition coefficient (Wildman–Crippen LogP) is 4.97. The molecule has 0 unspecified atom stereocenters. The minimum Gasteiger partial charge on any atom is -0.493 e. The average Bonchev–Trinajstić information content (AvgIpc) is 3.27. The van der Waals surface area contributed by atoms with E-state index in [4.69, 9.17) is 23.7 Å². The van der Waals surface area contributed by atoms with Gasteiger partial charge in [0.25, 0.3) is 0 Å². The second kappa shape index (κ2) is 11.9. The molecule has 1 aliphatic rings. The highest BCUT2D eigenvalue weighted by atomic mass is 16.5. The molecule has 188 valence electrons. The lowest BCUT2D eigenvalue weighted by Gasteiger charge is -2.24. The summed E-state index contributed by atoms with van der Waals surface area (Å²) in [5, 5.41) is 0. The maximum absolute atomic E-state index is 12.4. The summed E-state index contributed by atoms with van der Waals surface area (Å²) in [4.78, 5) is 24.0. The number of rotatable bonds is 10. The standard InChI is InChI=1S/C28H34O7/c1-7-17(2)28(30)35-16-23-22(12-19-8-10-20(11-9-19)18(3)29)15-34-26(23)21-13-24(31-4)27(33-6)25(14-21)32-5/h7-11,13-14,22-23,26H,12,15-16H2,1-6H3/t22-,23-,26+/m0/s1. The van der Waals surface area contributed by atoms with Crippen LogP contribution >= 0.6 is 0 Å². The van der Waals surface area contributed by atoms with Gasteiger partial charge in [0.15, 0.2) is 17.3 Å². The second-order valence-electron chi connectivity index (χ2n) is 8.66. The summed E-state index contributed by atoms with van der Waals surface area (Å²) in [6.45, 7) is 5.81. The van der Waals surface area contributed by atoms with Crippen molar-refractivity contribution in [3.8, 4) is 17.2 Å². The lowest BCUT2D eigenvalue weighted by Crippen LogP contribution is -2.24.